The van der Waals surface area contributed by atoms with Crippen LogP contribution in [0.15, 0.2) is 30.3 Å². The quantitative estimate of drug-likeness (QED) is 0.854. The van der Waals surface area contributed by atoms with Gasteiger partial charge in [-0.15, -0.1) is 0 Å². The average Bonchev–Trinajstić information content (AvgIpc) is 2.37. The van der Waals surface area contributed by atoms with E-state index in [0.717, 1.165) is 18.0 Å². The van der Waals surface area contributed by atoms with E-state index in [2.05, 4.69) is 15.3 Å². The van der Waals surface area contributed by atoms with E-state index in [4.69, 9.17) is 16.3 Å². The lowest BCUT2D eigenvalue weighted by molar-refractivity contribution is 0.295. The molecule has 0 fully saturated rings. The molecule has 0 spiro atoms. The van der Waals surface area contributed by atoms with Gasteiger partial charge in [0.25, 0.3) is 0 Å². The Hall–Kier alpha value is -1.65. The maximum absolute atomic E-state index is 5.87. The Morgan fingerprint density at radius 3 is 2.58 bits per heavy atom. The molecular weight excluding hydrogens is 262 g/mol. The largest absolute Gasteiger partial charge is 0.486 e. The fourth-order valence-corrected chi connectivity index (χ4v) is 1.96. The molecule has 0 bridgehead atoms. The predicted molar refractivity (Wildman–Crippen MR) is 75.3 cm³/mol. The minimum absolute atomic E-state index is 0.312. The molecule has 0 saturated carbocycles. The van der Waals surface area contributed by atoms with Crippen LogP contribution in [0, 0.1) is 6.92 Å². The second-order valence-electron chi connectivity index (χ2n) is 4.21. The van der Waals surface area contributed by atoms with Crippen molar-refractivity contribution >= 4 is 11.6 Å². The molecule has 1 N–H and O–H groups in total. The third-order valence-electron chi connectivity index (χ3n) is 2.54. The molecule has 0 aliphatic rings. The van der Waals surface area contributed by atoms with Gasteiger partial charge >= 0.3 is 0 Å². The topological polar surface area (TPSA) is 47.0 Å². The van der Waals surface area contributed by atoms with Crippen molar-refractivity contribution in [2.75, 3.05) is 7.05 Å². The number of aromatic nitrogens is 2. The number of nitrogens with zero attached hydrogens (tertiary/aromatic N) is 2. The number of nitrogens with one attached hydrogen (secondary N) is 1. The minimum atomic E-state index is 0.312. The Morgan fingerprint density at radius 2 is 1.95 bits per heavy atom. The van der Waals surface area contributed by atoms with Crippen LogP contribution in [0.25, 0.3) is 0 Å². The second kappa shape index (κ2) is 6.50. The highest BCUT2D eigenvalue weighted by Crippen LogP contribution is 2.14. The molecular formula is C14H16ClN3O. The van der Waals surface area contributed by atoms with Crippen LogP contribution in [0.4, 0.5) is 0 Å². The van der Waals surface area contributed by atoms with Crippen molar-refractivity contribution in [1.82, 2.24) is 15.3 Å². The zero-order valence-electron chi connectivity index (χ0n) is 11.0. The number of ether oxygens (including phenoxy) is 1. The summed E-state index contributed by atoms with van der Waals surface area (Å²) in [4.78, 5) is 8.38. The third-order valence-corrected chi connectivity index (χ3v) is 2.74. The van der Waals surface area contributed by atoms with E-state index in [0.29, 0.717) is 17.6 Å². The molecule has 4 nitrogen and oxygen atoms in total. The highest BCUT2D eigenvalue weighted by Gasteiger charge is 2.02. The van der Waals surface area contributed by atoms with Gasteiger partial charge in [0.05, 0.1) is 0 Å². The summed E-state index contributed by atoms with van der Waals surface area (Å²) in [5.74, 6) is 1.38. The normalized spacial score (nSPS) is 10.5. The molecule has 0 saturated heterocycles. The molecule has 100 valence electrons. The van der Waals surface area contributed by atoms with Gasteiger partial charge in [0.1, 0.15) is 17.5 Å². The van der Waals surface area contributed by atoms with Gasteiger partial charge in [0.2, 0.25) is 0 Å². The van der Waals surface area contributed by atoms with Gasteiger partial charge < -0.3 is 10.1 Å². The molecule has 5 heteroatoms. The summed E-state index contributed by atoms with van der Waals surface area (Å²) in [6.45, 7) is 3.03. The monoisotopic (exact) mass is 277 g/mol. The van der Waals surface area contributed by atoms with Crippen molar-refractivity contribution in [1.29, 1.82) is 0 Å². The molecule has 19 heavy (non-hydrogen) atoms. The second-order valence-corrected chi connectivity index (χ2v) is 4.60. The van der Waals surface area contributed by atoms with Crippen molar-refractivity contribution in [3.63, 3.8) is 0 Å². The van der Waals surface area contributed by atoms with Gasteiger partial charge in [0, 0.05) is 12.2 Å². The van der Waals surface area contributed by atoms with E-state index in [1.807, 2.05) is 38.2 Å². The summed E-state index contributed by atoms with van der Waals surface area (Å²) in [7, 11) is 1.92. The van der Waals surface area contributed by atoms with Crippen LogP contribution in [0.5, 0.6) is 5.75 Å². The number of hydrogen-bond donors (Lipinski definition) is 1. The molecule has 0 radical (unpaired) electrons. The average molecular weight is 278 g/mol. The summed E-state index contributed by atoms with van der Waals surface area (Å²) in [5.41, 5.74) is 2.05. The third kappa shape index (κ3) is 4.19. The fraction of sp³-hybridized carbons (Fsp3) is 0.286. The molecule has 2 rings (SSSR count). The molecule has 0 unspecified atom stereocenters. The van der Waals surface area contributed by atoms with Gasteiger partial charge in [-0.05, 0) is 37.7 Å². The van der Waals surface area contributed by atoms with E-state index in [9.17, 15) is 0 Å². The fourth-order valence-electron chi connectivity index (χ4n) is 1.71. The Balaban J connectivity index is 1.98. The number of hydrogen-bond acceptors (Lipinski definition) is 4. The lowest BCUT2D eigenvalue weighted by Gasteiger charge is -2.07. The molecule has 1 aromatic heterocycles. The zero-order chi connectivity index (χ0) is 13.7. The molecule has 0 atom stereocenters. The lowest BCUT2D eigenvalue weighted by Crippen LogP contribution is -2.05. The van der Waals surface area contributed by atoms with Crippen molar-refractivity contribution in [3.05, 3.63) is 52.6 Å². The Kier molecular flexibility index (Phi) is 4.71. The molecule has 0 aliphatic carbocycles. The van der Waals surface area contributed by atoms with Gasteiger partial charge in [-0.25, -0.2) is 9.97 Å². The van der Waals surface area contributed by atoms with Crippen LogP contribution >= 0.6 is 11.6 Å². The smallest absolute Gasteiger partial charge is 0.167 e. The van der Waals surface area contributed by atoms with Gasteiger partial charge in [-0.3, -0.25) is 0 Å². The Bertz CT molecular complexity index is 523. The first-order chi connectivity index (χ1) is 9.17. The van der Waals surface area contributed by atoms with Crippen LogP contribution in [0.2, 0.25) is 5.15 Å². The summed E-state index contributed by atoms with van der Waals surface area (Å²) >= 11 is 5.87. The maximum Gasteiger partial charge on any atom is 0.167 e. The summed E-state index contributed by atoms with van der Waals surface area (Å²) < 4.78 is 5.63. The first-order valence-corrected chi connectivity index (χ1v) is 6.41. The molecule has 1 heterocycles. The van der Waals surface area contributed by atoms with E-state index >= 15 is 0 Å². The molecule has 1 aromatic carbocycles. The van der Waals surface area contributed by atoms with Crippen molar-refractivity contribution in [2.24, 2.45) is 0 Å². The van der Waals surface area contributed by atoms with Gasteiger partial charge in [-0.2, -0.15) is 0 Å². The summed E-state index contributed by atoms with van der Waals surface area (Å²) in [6.07, 6.45) is 0. The minimum Gasteiger partial charge on any atom is -0.486 e. The predicted octanol–water partition coefficient (Wildman–Crippen LogP) is 2.74. The summed E-state index contributed by atoms with van der Waals surface area (Å²) in [6, 6.07) is 9.64. The van der Waals surface area contributed by atoms with E-state index < -0.39 is 0 Å². The van der Waals surface area contributed by atoms with Crippen LogP contribution in [-0.4, -0.2) is 17.0 Å². The molecule has 0 amide bonds. The Morgan fingerprint density at radius 1 is 1.21 bits per heavy atom. The van der Waals surface area contributed by atoms with Crippen molar-refractivity contribution in [2.45, 2.75) is 20.1 Å². The van der Waals surface area contributed by atoms with Crippen LogP contribution in [0.1, 0.15) is 17.1 Å². The highest BCUT2D eigenvalue weighted by atomic mass is 35.5. The number of aryl methyl sites for hydroxylation is 1. The first kappa shape index (κ1) is 13.8. The summed E-state index contributed by atoms with van der Waals surface area (Å²) in [5, 5.41) is 3.54. The van der Waals surface area contributed by atoms with Crippen molar-refractivity contribution in [3.8, 4) is 5.75 Å². The molecule has 2 aromatic rings. The van der Waals surface area contributed by atoms with Gasteiger partial charge in [-0.1, -0.05) is 23.7 Å². The van der Waals surface area contributed by atoms with Crippen LogP contribution < -0.4 is 10.1 Å². The van der Waals surface area contributed by atoms with Gasteiger partial charge in [0.15, 0.2) is 5.82 Å². The zero-order valence-corrected chi connectivity index (χ0v) is 11.7. The lowest BCUT2D eigenvalue weighted by atomic mass is 10.2. The Labute approximate surface area is 117 Å². The number of rotatable bonds is 5. The maximum atomic E-state index is 5.87. The van der Waals surface area contributed by atoms with Crippen molar-refractivity contribution < 1.29 is 4.74 Å². The van der Waals surface area contributed by atoms with Crippen LogP contribution in [-0.2, 0) is 13.2 Å². The molecule has 0 aliphatic heterocycles. The first-order valence-electron chi connectivity index (χ1n) is 6.04. The van der Waals surface area contributed by atoms with E-state index in [1.54, 1.807) is 6.07 Å². The van der Waals surface area contributed by atoms with Crippen LogP contribution in [0.3, 0.4) is 0 Å². The number of halogens is 1. The van der Waals surface area contributed by atoms with E-state index in [-0.39, 0.29) is 0 Å². The van der Waals surface area contributed by atoms with E-state index in [1.165, 1.54) is 5.56 Å². The standard InChI is InChI=1S/C14H16ClN3O/c1-10-7-13(15)18-14(17-10)9-19-12-5-3-11(4-6-12)8-16-2/h3-7,16H,8-9H2,1-2H3. The number of benzene rings is 1. The SMILES string of the molecule is CNCc1ccc(OCc2nc(C)cc(Cl)n2)cc1. The highest BCUT2D eigenvalue weighted by molar-refractivity contribution is 6.29.